The van der Waals surface area contributed by atoms with Crippen LogP contribution in [0.4, 0.5) is 10.2 Å². The van der Waals surface area contributed by atoms with Crippen LogP contribution < -0.4 is 15.2 Å². The Morgan fingerprint density at radius 1 is 0.957 bits per heavy atom. The van der Waals surface area contributed by atoms with Crippen molar-refractivity contribution in [2.75, 3.05) is 32.8 Å². The first-order valence-corrected chi connectivity index (χ1v) is 16.0. The molecule has 0 aliphatic carbocycles. The third-order valence-electron chi connectivity index (χ3n) is 8.77. The lowest BCUT2D eigenvalue weighted by Gasteiger charge is -2.51. The molecule has 1 unspecified atom stereocenters. The fourth-order valence-corrected chi connectivity index (χ4v) is 7.89. The third-order valence-corrected chi connectivity index (χ3v) is 10.5. The third kappa shape index (κ3) is 4.28. The second kappa shape index (κ2) is 11.3. The monoisotopic (exact) mass is 649 g/mol. The van der Waals surface area contributed by atoms with Gasteiger partial charge in [0.05, 0.1) is 32.6 Å². The molecule has 3 aromatic carbocycles. The van der Waals surface area contributed by atoms with Gasteiger partial charge in [-0.05, 0) is 41.0 Å². The van der Waals surface area contributed by atoms with E-state index in [9.17, 15) is 18.6 Å². The summed E-state index contributed by atoms with van der Waals surface area (Å²) in [5.74, 6) is 0.947. The molecular formula is C32H32FN5O7S. The van der Waals surface area contributed by atoms with Crippen molar-refractivity contribution in [3.63, 3.8) is 0 Å². The maximum atomic E-state index is 16.2. The van der Waals surface area contributed by atoms with Gasteiger partial charge in [0.2, 0.25) is 5.72 Å². The van der Waals surface area contributed by atoms with E-state index in [0.29, 0.717) is 34.4 Å². The molecule has 4 atom stereocenters. The molecule has 0 saturated carbocycles. The zero-order valence-corrected chi connectivity index (χ0v) is 25.9. The van der Waals surface area contributed by atoms with Gasteiger partial charge in [-0.25, -0.2) is 27.8 Å². The standard InChI is InChI=1S/C32H32FN5O7S/c1-43-23-13-9-21(10-14-23)30(20-7-5-4-6-8-20,22-11-15-24(44-2)16-12-22)29(39)31(32(40,46(3,41)42)25(33)17-45-31)38-19-37-26-27(34)35-18-36-28(26)38/h4-16,18-19,25,29,39-40H,17H2,1-3H3,(H2,34,35,36)/t25-,29?,31-,32+/m0/s1. The number of alkyl halides is 1. The molecule has 1 saturated heterocycles. The van der Waals surface area contributed by atoms with Crippen molar-refractivity contribution in [3.8, 4) is 11.5 Å². The van der Waals surface area contributed by atoms with E-state index < -0.39 is 44.8 Å². The molecule has 0 radical (unpaired) electrons. The maximum absolute atomic E-state index is 16.2. The minimum absolute atomic E-state index is 0.0232. The summed E-state index contributed by atoms with van der Waals surface area (Å²) in [5, 5.41) is 25.6. The quantitative estimate of drug-likeness (QED) is 0.201. The highest BCUT2D eigenvalue weighted by Gasteiger charge is 2.76. The number of fused-ring (bicyclic) bond motifs is 1. The van der Waals surface area contributed by atoms with Crippen LogP contribution in [0.2, 0.25) is 0 Å². The smallest absolute Gasteiger partial charge is 0.250 e. The molecule has 1 aliphatic heterocycles. The van der Waals surface area contributed by atoms with Gasteiger partial charge in [0.25, 0.3) is 4.93 Å². The number of nitrogens with two attached hydrogens (primary N) is 1. The average Bonchev–Trinajstić information content (AvgIpc) is 3.63. The van der Waals surface area contributed by atoms with Crippen LogP contribution in [0.1, 0.15) is 16.7 Å². The lowest BCUT2D eigenvalue weighted by Crippen LogP contribution is -2.70. The number of aliphatic hydroxyl groups is 2. The fraction of sp³-hybridized carbons (Fsp3) is 0.281. The van der Waals surface area contributed by atoms with E-state index in [4.69, 9.17) is 19.9 Å². The summed E-state index contributed by atoms with van der Waals surface area (Å²) in [7, 11) is -1.80. The van der Waals surface area contributed by atoms with E-state index in [0.717, 1.165) is 17.2 Å². The summed E-state index contributed by atoms with van der Waals surface area (Å²) in [6.45, 7) is -0.892. The minimum atomic E-state index is -4.80. The van der Waals surface area contributed by atoms with Gasteiger partial charge in [0.1, 0.15) is 29.4 Å². The molecule has 12 nitrogen and oxygen atoms in total. The number of ether oxygens (including phenoxy) is 3. The second-order valence-electron chi connectivity index (χ2n) is 11.0. The molecule has 0 spiro atoms. The van der Waals surface area contributed by atoms with Gasteiger partial charge in [-0.15, -0.1) is 0 Å². The Kier molecular flexibility index (Phi) is 7.71. The van der Waals surface area contributed by atoms with Gasteiger partial charge in [0.15, 0.2) is 27.5 Å². The molecule has 3 heterocycles. The maximum Gasteiger partial charge on any atom is 0.250 e. The molecule has 14 heteroatoms. The number of rotatable bonds is 9. The first-order valence-electron chi connectivity index (χ1n) is 14.1. The van der Waals surface area contributed by atoms with E-state index in [2.05, 4.69) is 15.0 Å². The van der Waals surface area contributed by atoms with Gasteiger partial charge >= 0.3 is 0 Å². The second-order valence-corrected chi connectivity index (χ2v) is 13.2. The van der Waals surface area contributed by atoms with Crippen molar-refractivity contribution >= 4 is 26.8 Å². The number of sulfone groups is 1. The predicted molar refractivity (Wildman–Crippen MR) is 167 cm³/mol. The number of imidazole rings is 1. The van der Waals surface area contributed by atoms with Crippen LogP contribution in [0.5, 0.6) is 11.5 Å². The van der Waals surface area contributed by atoms with E-state index in [1.807, 2.05) is 0 Å². The van der Waals surface area contributed by atoms with E-state index in [1.165, 1.54) is 14.2 Å². The number of hydrogen-bond acceptors (Lipinski definition) is 11. The Hall–Kier alpha value is -4.63. The summed E-state index contributed by atoms with van der Waals surface area (Å²) < 4.78 is 61.5. The summed E-state index contributed by atoms with van der Waals surface area (Å²) in [6, 6.07) is 22.2. The van der Waals surface area contributed by atoms with Crippen molar-refractivity contribution in [3.05, 3.63) is 108 Å². The number of aromatic nitrogens is 4. The number of nitrogens with zero attached hydrogens (tertiary/aromatic N) is 4. The Morgan fingerprint density at radius 2 is 1.50 bits per heavy atom. The number of benzene rings is 3. The summed E-state index contributed by atoms with van der Waals surface area (Å²) in [4.78, 5) is 9.10. The number of hydrogen-bond donors (Lipinski definition) is 3. The van der Waals surface area contributed by atoms with Crippen LogP contribution in [-0.4, -0.2) is 82.4 Å². The van der Waals surface area contributed by atoms with Gasteiger partial charge in [-0.1, -0.05) is 54.6 Å². The molecule has 240 valence electrons. The summed E-state index contributed by atoms with van der Waals surface area (Å²) >= 11 is 0. The SMILES string of the molecule is COc1ccc(C(c2ccccc2)(c2ccc(OC)cc2)C(O)[C@]2(n3cnc4c(N)ncnc43)OC[C@H](F)[C@@]2(O)S(C)(=O)=O)cc1. The normalized spacial score (nSPS) is 22.5. The molecule has 4 N–H and O–H groups in total. The zero-order chi connectivity index (χ0) is 32.9. The van der Waals surface area contributed by atoms with E-state index >= 15 is 4.39 Å². The lowest BCUT2D eigenvalue weighted by atomic mass is 9.62. The molecule has 1 aliphatic rings. The number of halogens is 1. The van der Waals surface area contributed by atoms with Crippen molar-refractivity contribution in [2.45, 2.75) is 28.3 Å². The molecule has 0 bridgehead atoms. The van der Waals surface area contributed by atoms with Crippen LogP contribution in [-0.2, 0) is 25.7 Å². The Labute approximate surface area is 264 Å². The lowest BCUT2D eigenvalue weighted by molar-refractivity contribution is -0.215. The Bertz CT molecular complexity index is 1930. The molecule has 5 aromatic rings. The largest absolute Gasteiger partial charge is 0.497 e. The molecule has 1 fully saturated rings. The van der Waals surface area contributed by atoms with Crippen LogP contribution in [0.3, 0.4) is 0 Å². The molecule has 6 rings (SSSR count). The zero-order valence-electron chi connectivity index (χ0n) is 25.1. The van der Waals surface area contributed by atoms with E-state index in [-0.39, 0.29) is 17.0 Å². The van der Waals surface area contributed by atoms with Gasteiger partial charge in [0, 0.05) is 6.26 Å². The van der Waals surface area contributed by atoms with Crippen molar-refractivity contribution in [2.24, 2.45) is 0 Å². The van der Waals surface area contributed by atoms with Crippen molar-refractivity contribution in [1.82, 2.24) is 19.5 Å². The Morgan fingerprint density at radius 3 is 2.02 bits per heavy atom. The average molecular weight is 650 g/mol. The van der Waals surface area contributed by atoms with E-state index in [1.54, 1.807) is 78.9 Å². The predicted octanol–water partition coefficient (Wildman–Crippen LogP) is 2.58. The van der Waals surface area contributed by atoms with Gasteiger partial charge in [-0.2, -0.15) is 0 Å². The van der Waals surface area contributed by atoms with Gasteiger partial charge in [-0.3, -0.25) is 4.57 Å². The highest BCUT2D eigenvalue weighted by Crippen LogP contribution is 2.56. The molecule has 0 amide bonds. The van der Waals surface area contributed by atoms with Crippen LogP contribution in [0, 0.1) is 0 Å². The first kappa shape index (κ1) is 31.4. The highest BCUT2D eigenvalue weighted by molar-refractivity contribution is 7.92. The van der Waals surface area contributed by atoms with Crippen LogP contribution in [0.15, 0.2) is 91.5 Å². The first-order chi connectivity index (χ1) is 22.0. The summed E-state index contributed by atoms with van der Waals surface area (Å²) in [5.41, 5.74) is 2.72. The molecular weight excluding hydrogens is 617 g/mol. The number of nitrogen functional groups attached to an aromatic ring is 1. The number of anilines is 1. The minimum Gasteiger partial charge on any atom is -0.497 e. The van der Waals surface area contributed by atoms with Crippen molar-refractivity contribution in [1.29, 1.82) is 0 Å². The van der Waals surface area contributed by atoms with Crippen LogP contribution >= 0.6 is 0 Å². The summed E-state index contributed by atoms with van der Waals surface area (Å²) in [6.07, 6.45) is -1.73. The highest BCUT2D eigenvalue weighted by atomic mass is 32.2. The van der Waals surface area contributed by atoms with Crippen molar-refractivity contribution < 1.29 is 37.2 Å². The van der Waals surface area contributed by atoms with Gasteiger partial charge < -0.3 is 30.2 Å². The van der Waals surface area contributed by atoms with Crippen LogP contribution in [0.25, 0.3) is 11.2 Å². The number of methoxy groups -OCH3 is 2. The topological polar surface area (TPSA) is 172 Å². The fourth-order valence-electron chi connectivity index (χ4n) is 6.56. The Balaban J connectivity index is 1.80. The molecule has 2 aromatic heterocycles. The molecule has 46 heavy (non-hydrogen) atoms. The number of aliphatic hydroxyl groups excluding tert-OH is 1.